The highest BCUT2D eigenvalue weighted by Crippen LogP contribution is 2.03. The number of hydrogen-bond acceptors (Lipinski definition) is 5. The quantitative estimate of drug-likeness (QED) is 0.464. The van der Waals surface area contributed by atoms with Gasteiger partial charge < -0.3 is 10.2 Å². The normalized spacial score (nSPS) is 9.33. The summed E-state index contributed by atoms with van der Waals surface area (Å²) in [6.45, 7) is 0. The maximum Gasteiger partial charge on any atom is 0.335 e. The highest BCUT2D eigenvalue weighted by Gasteiger charge is 2.04. The third-order valence-corrected chi connectivity index (χ3v) is 2.06. The van der Waals surface area contributed by atoms with Crippen LogP contribution in [0.25, 0.3) is 0 Å². The summed E-state index contributed by atoms with van der Waals surface area (Å²) in [6.07, 6.45) is 0. The van der Waals surface area contributed by atoms with E-state index in [1.54, 1.807) is 15.0 Å². The lowest BCUT2D eigenvalue weighted by molar-refractivity contribution is 0.0681. The lowest BCUT2D eigenvalue weighted by atomic mass is 10.1. The van der Waals surface area contributed by atoms with Gasteiger partial charge in [0.25, 0.3) is 0 Å². The molecule has 10 nitrogen and oxygen atoms in total. The fraction of sp³-hybridized carbons (Fsp3) is 0. The maximum atomic E-state index is 10.3. The van der Waals surface area contributed by atoms with E-state index in [0.717, 1.165) is 0 Å². The third-order valence-electron chi connectivity index (χ3n) is 2.06. The molecule has 0 saturated heterocycles. The van der Waals surface area contributed by atoms with Gasteiger partial charge in [-0.1, -0.05) is 0 Å². The molecule has 10 heteroatoms. The van der Waals surface area contributed by atoms with Gasteiger partial charge in [-0.2, -0.15) is 0 Å². The van der Waals surface area contributed by atoms with Gasteiger partial charge in [-0.3, -0.25) is 15.0 Å². The monoisotopic (exact) mass is 295 g/mol. The van der Waals surface area contributed by atoms with E-state index < -0.39 is 29.0 Å². The zero-order valence-corrected chi connectivity index (χ0v) is 10.2. The molecule has 0 unspecified atom stereocenters. The van der Waals surface area contributed by atoms with E-state index in [1.165, 1.54) is 24.3 Å². The smallest absolute Gasteiger partial charge is 0.335 e. The number of aromatic amines is 3. The molecule has 0 fully saturated rings. The Hall–Kier alpha value is -3.43. The van der Waals surface area contributed by atoms with Crippen molar-refractivity contribution in [2.24, 2.45) is 0 Å². The minimum Gasteiger partial charge on any atom is -0.478 e. The van der Waals surface area contributed by atoms with Crippen LogP contribution in [0.1, 0.15) is 20.7 Å². The van der Waals surface area contributed by atoms with Crippen LogP contribution in [0.2, 0.25) is 0 Å². The van der Waals surface area contributed by atoms with Crippen LogP contribution in [-0.4, -0.2) is 37.1 Å². The van der Waals surface area contributed by atoms with Crippen LogP contribution in [0.5, 0.6) is 0 Å². The Bertz CT molecular complexity index is 701. The average Bonchev–Trinajstić information content (AvgIpc) is 2.37. The Kier molecular flexibility index (Phi) is 4.95. The minimum atomic E-state index is -1.06. The summed E-state index contributed by atoms with van der Waals surface area (Å²) in [7, 11) is 0. The minimum absolute atomic E-state index is 0.0833. The second kappa shape index (κ2) is 6.65. The average molecular weight is 295 g/mol. The van der Waals surface area contributed by atoms with Crippen molar-refractivity contribution >= 4 is 11.9 Å². The summed E-state index contributed by atoms with van der Waals surface area (Å²) < 4.78 is 0. The molecular formula is C11H9N3O7. The number of nitrogens with one attached hydrogen (secondary N) is 3. The zero-order valence-electron chi connectivity index (χ0n) is 10.2. The first-order valence-electron chi connectivity index (χ1n) is 5.29. The molecular weight excluding hydrogens is 286 g/mol. The van der Waals surface area contributed by atoms with Crippen LogP contribution in [0.3, 0.4) is 0 Å². The topological polar surface area (TPSA) is 173 Å². The van der Waals surface area contributed by atoms with Crippen molar-refractivity contribution in [2.45, 2.75) is 0 Å². The van der Waals surface area contributed by atoms with Crippen molar-refractivity contribution in [3.05, 3.63) is 66.8 Å². The molecule has 1 aromatic carbocycles. The van der Waals surface area contributed by atoms with E-state index >= 15 is 0 Å². The van der Waals surface area contributed by atoms with Crippen LogP contribution in [0.15, 0.2) is 38.6 Å². The summed E-state index contributed by atoms with van der Waals surface area (Å²) in [5, 5.41) is 16.9. The molecule has 21 heavy (non-hydrogen) atoms. The van der Waals surface area contributed by atoms with Crippen LogP contribution < -0.4 is 17.1 Å². The molecule has 0 saturated carbocycles. The fourth-order valence-corrected chi connectivity index (χ4v) is 1.16. The lowest BCUT2D eigenvalue weighted by Crippen LogP contribution is -2.34. The molecule has 0 aliphatic rings. The Labute approximate surface area is 114 Å². The standard InChI is InChI=1S/C8H6O4.C3H3N3O3/c9-7(10)5-1-2-6(4-3-5)8(11)12;7-1-4-2(8)6-3(9)5-1/h1-4H,(H,9,10)(H,11,12);(H3,4,5,6,7,8,9). The molecule has 0 amide bonds. The highest BCUT2D eigenvalue weighted by molar-refractivity contribution is 5.91. The molecule has 1 aromatic heterocycles. The third kappa shape index (κ3) is 4.98. The molecule has 110 valence electrons. The first-order chi connectivity index (χ1) is 9.79. The SMILES string of the molecule is O=C(O)c1ccc(C(=O)O)cc1.O=c1[nH]c(=O)[nH]c(=O)[nH]1. The molecule has 1 heterocycles. The van der Waals surface area contributed by atoms with E-state index in [-0.39, 0.29) is 11.1 Å². The van der Waals surface area contributed by atoms with Crippen molar-refractivity contribution in [1.82, 2.24) is 15.0 Å². The van der Waals surface area contributed by atoms with Crippen molar-refractivity contribution in [2.75, 3.05) is 0 Å². The Morgan fingerprint density at radius 3 is 1.10 bits per heavy atom. The molecule has 0 aliphatic heterocycles. The summed E-state index contributed by atoms with van der Waals surface area (Å²) in [5.41, 5.74) is -2.24. The predicted molar refractivity (Wildman–Crippen MR) is 68.7 cm³/mol. The van der Waals surface area contributed by atoms with Crippen molar-refractivity contribution < 1.29 is 19.8 Å². The largest absolute Gasteiger partial charge is 0.478 e. The van der Waals surface area contributed by atoms with Crippen LogP contribution in [-0.2, 0) is 0 Å². The van der Waals surface area contributed by atoms with Crippen LogP contribution in [0, 0.1) is 0 Å². The van der Waals surface area contributed by atoms with Crippen molar-refractivity contribution in [1.29, 1.82) is 0 Å². The lowest BCUT2D eigenvalue weighted by Gasteiger charge is -1.94. The number of benzene rings is 1. The van der Waals surface area contributed by atoms with E-state index in [2.05, 4.69) is 0 Å². The number of hydrogen-bond donors (Lipinski definition) is 5. The molecule has 5 N–H and O–H groups in total. The summed E-state index contributed by atoms with van der Waals surface area (Å²) in [5.74, 6) is -2.13. The Balaban J connectivity index is 0.000000219. The van der Waals surface area contributed by atoms with Gasteiger partial charge in [-0.25, -0.2) is 24.0 Å². The van der Waals surface area contributed by atoms with Gasteiger partial charge >= 0.3 is 29.0 Å². The van der Waals surface area contributed by atoms with Crippen LogP contribution in [0.4, 0.5) is 0 Å². The van der Waals surface area contributed by atoms with Crippen molar-refractivity contribution in [3.63, 3.8) is 0 Å². The number of carboxylic acids is 2. The zero-order chi connectivity index (χ0) is 16.0. The van der Waals surface area contributed by atoms with E-state index in [1.807, 2.05) is 0 Å². The highest BCUT2D eigenvalue weighted by atomic mass is 16.4. The van der Waals surface area contributed by atoms with Crippen LogP contribution >= 0.6 is 0 Å². The van der Waals surface area contributed by atoms with E-state index in [0.29, 0.717) is 0 Å². The second-order valence-electron chi connectivity index (χ2n) is 3.55. The molecule has 0 bridgehead atoms. The van der Waals surface area contributed by atoms with Gasteiger partial charge in [-0.05, 0) is 24.3 Å². The molecule has 0 spiro atoms. The first-order valence-corrected chi connectivity index (χ1v) is 5.29. The molecule has 0 aliphatic carbocycles. The second-order valence-corrected chi connectivity index (χ2v) is 3.55. The number of carbonyl (C=O) groups is 2. The predicted octanol–water partition coefficient (Wildman–Crippen LogP) is -1.17. The van der Waals surface area contributed by atoms with Gasteiger partial charge in [0.05, 0.1) is 11.1 Å². The summed E-state index contributed by atoms with van der Waals surface area (Å²) in [4.78, 5) is 56.6. The molecule has 0 atom stereocenters. The van der Waals surface area contributed by atoms with Gasteiger partial charge in [0.15, 0.2) is 0 Å². The number of rotatable bonds is 2. The number of H-pyrrole nitrogens is 3. The van der Waals surface area contributed by atoms with Gasteiger partial charge in [0.1, 0.15) is 0 Å². The van der Waals surface area contributed by atoms with E-state index in [9.17, 15) is 24.0 Å². The molecule has 2 rings (SSSR count). The molecule has 0 radical (unpaired) electrons. The van der Waals surface area contributed by atoms with Gasteiger partial charge in [0.2, 0.25) is 0 Å². The molecule has 2 aromatic rings. The number of carboxylic acid groups (broad SMARTS) is 2. The van der Waals surface area contributed by atoms with Crippen molar-refractivity contribution in [3.8, 4) is 0 Å². The summed E-state index contributed by atoms with van der Waals surface area (Å²) in [6, 6.07) is 5.02. The van der Waals surface area contributed by atoms with Gasteiger partial charge in [0, 0.05) is 0 Å². The Morgan fingerprint density at radius 1 is 0.667 bits per heavy atom. The Morgan fingerprint density at radius 2 is 0.905 bits per heavy atom. The summed E-state index contributed by atoms with van der Waals surface area (Å²) >= 11 is 0. The van der Waals surface area contributed by atoms with Gasteiger partial charge in [-0.15, -0.1) is 0 Å². The number of aromatic nitrogens is 3. The first kappa shape index (κ1) is 15.6. The maximum absolute atomic E-state index is 10.3. The van der Waals surface area contributed by atoms with E-state index in [4.69, 9.17) is 10.2 Å². The number of aromatic carboxylic acids is 2. The fourth-order valence-electron chi connectivity index (χ4n) is 1.16.